The van der Waals surface area contributed by atoms with Gasteiger partial charge in [-0.25, -0.2) is 0 Å². The Labute approximate surface area is 167 Å². The van der Waals surface area contributed by atoms with Gasteiger partial charge in [-0.1, -0.05) is 23.7 Å². The highest BCUT2D eigenvalue weighted by atomic mass is 35.5. The average Bonchev–Trinajstić information content (AvgIpc) is 2.84. The maximum atomic E-state index is 12.7. The van der Waals surface area contributed by atoms with Gasteiger partial charge in [-0.05, 0) is 50.8 Å². The minimum atomic E-state index is -0.857. The predicted octanol–water partition coefficient (Wildman–Crippen LogP) is 4.60. The van der Waals surface area contributed by atoms with Crippen LogP contribution in [-0.4, -0.2) is 29.2 Å². The van der Waals surface area contributed by atoms with E-state index in [0.29, 0.717) is 10.7 Å². The summed E-state index contributed by atoms with van der Waals surface area (Å²) in [5.74, 6) is -0.767. The van der Waals surface area contributed by atoms with Gasteiger partial charge in [-0.2, -0.15) is 0 Å². The van der Waals surface area contributed by atoms with Crippen molar-refractivity contribution < 1.29 is 14.3 Å². The van der Waals surface area contributed by atoms with E-state index in [1.165, 1.54) is 11.3 Å². The molecule has 142 valence electrons. The molecule has 0 radical (unpaired) electrons. The van der Waals surface area contributed by atoms with Crippen LogP contribution >= 0.6 is 22.9 Å². The molecule has 7 heteroatoms. The molecule has 1 aliphatic heterocycles. The molecule has 0 unspecified atom stereocenters. The lowest BCUT2D eigenvalue weighted by molar-refractivity contribution is -0.155. The number of hydrogen-bond acceptors (Lipinski definition) is 5. The van der Waals surface area contributed by atoms with Crippen molar-refractivity contribution >= 4 is 45.5 Å². The fraction of sp³-hybridized carbons (Fsp3) is 0.350. The summed E-state index contributed by atoms with van der Waals surface area (Å²) >= 11 is 7.46. The Bertz CT molecular complexity index is 910. The van der Waals surface area contributed by atoms with Crippen LogP contribution in [0.1, 0.15) is 43.9 Å². The van der Waals surface area contributed by atoms with Gasteiger partial charge in [-0.3, -0.25) is 14.6 Å². The Kier molecular flexibility index (Phi) is 5.40. The van der Waals surface area contributed by atoms with Crippen LogP contribution in [0.2, 0.25) is 5.02 Å². The van der Waals surface area contributed by atoms with Crippen LogP contribution < -0.4 is 5.32 Å². The van der Waals surface area contributed by atoms with Crippen molar-refractivity contribution in [2.45, 2.75) is 45.8 Å². The van der Waals surface area contributed by atoms with E-state index in [1.54, 1.807) is 32.9 Å². The largest absolute Gasteiger partial charge is 0.460 e. The number of hydrogen-bond donors (Lipinski definition) is 1. The smallest absolute Gasteiger partial charge is 0.309 e. The number of nitrogens with zero attached hydrogens (tertiary/aromatic N) is 1. The lowest BCUT2D eigenvalue weighted by Gasteiger charge is -2.20. The molecule has 1 N–H and O–H groups in total. The van der Waals surface area contributed by atoms with E-state index in [-0.39, 0.29) is 12.3 Å². The molecule has 0 saturated heterocycles. The van der Waals surface area contributed by atoms with Crippen molar-refractivity contribution in [1.29, 1.82) is 0 Å². The van der Waals surface area contributed by atoms with Gasteiger partial charge >= 0.3 is 5.97 Å². The number of carbonyl (C=O) groups is 2. The summed E-state index contributed by atoms with van der Waals surface area (Å²) in [5.41, 5.74) is 2.79. The van der Waals surface area contributed by atoms with Gasteiger partial charge in [0.15, 0.2) is 0 Å². The third kappa shape index (κ3) is 4.57. The van der Waals surface area contributed by atoms with E-state index in [2.05, 4.69) is 10.3 Å². The minimum Gasteiger partial charge on any atom is -0.460 e. The predicted molar refractivity (Wildman–Crippen MR) is 109 cm³/mol. The lowest BCUT2D eigenvalue weighted by Crippen LogP contribution is -2.31. The number of rotatable bonds is 3. The molecule has 3 rings (SSSR count). The number of carbonyl (C=O) groups excluding carboxylic acids is 2. The number of aryl methyl sites for hydroxylation is 1. The molecule has 0 spiro atoms. The molecule has 1 atom stereocenters. The number of esters is 1. The molecule has 1 aromatic carbocycles. The molecule has 0 fully saturated rings. The first kappa shape index (κ1) is 19.6. The summed E-state index contributed by atoms with van der Waals surface area (Å²) in [6.07, 6.45) is -0.117. The van der Waals surface area contributed by atoms with Crippen LogP contribution in [0, 0.1) is 6.92 Å². The first-order valence-corrected chi connectivity index (χ1v) is 9.85. The highest BCUT2D eigenvalue weighted by Gasteiger charge is 2.31. The van der Waals surface area contributed by atoms with Gasteiger partial charge in [0.1, 0.15) is 16.6 Å². The molecule has 2 heterocycles. The topological polar surface area (TPSA) is 67.8 Å². The number of aliphatic imine (C=N–C) groups is 1. The molecule has 0 saturated carbocycles. The van der Waals surface area contributed by atoms with Crippen LogP contribution in [0.5, 0.6) is 0 Å². The van der Waals surface area contributed by atoms with Crippen molar-refractivity contribution in [1.82, 2.24) is 0 Å². The standard InChI is InChI=1S/C20H21ClN2O3S/c1-11-10-27-19-16(11)17(12-5-7-13(21)8-6-12)22-14(18(25)23-19)9-15(24)26-20(2,3)4/h5-8,10,14H,9H2,1-4H3,(H,23,25)/t14-/m0/s1. The second-order valence-electron chi connectivity index (χ2n) is 7.40. The molecule has 5 nitrogen and oxygen atoms in total. The highest BCUT2D eigenvalue weighted by Crippen LogP contribution is 2.33. The molecular weight excluding hydrogens is 384 g/mol. The number of nitrogens with one attached hydrogen (secondary N) is 1. The zero-order valence-electron chi connectivity index (χ0n) is 15.6. The first-order chi connectivity index (χ1) is 12.6. The highest BCUT2D eigenvalue weighted by molar-refractivity contribution is 7.15. The van der Waals surface area contributed by atoms with E-state index in [4.69, 9.17) is 16.3 Å². The number of benzene rings is 1. The second-order valence-corrected chi connectivity index (χ2v) is 8.72. The van der Waals surface area contributed by atoms with Gasteiger partial charge in [0.05, 0.1) is 12.1 Å². The number of thiophene rings is 1. The summed E-state index contributed by atoms with van der Waals surface area (Å²) in [6.45, 7) is 7.35. The summed E-state index contributed by atoms with van der Waals surface area (Å²) in [6, 6.07) is 6.43. The number of ether oxygens (including phenoxy) is 1. The fourth-order valence-electron chi connectivity index (χ4n) is 2.81. The second kappa shape index (κ2) is 7.44. The Hall–Kier alpha value is -2.18. The van der Waals surface area contributed by atoms with Crippen molar-refractivity contribution in [2.75, 3.05) is 5.32 Å². The number of anilines is 1. The molecule has 27 heavy (non-hydrogen) atoms. The summed E-state index contributed by atoms with van der Waals surface area (Å²) in [7, 11) is 0. The number of amides is 1. The van der Waals surface area contributed by atoms with Gasteiger partial charge in [0.2, 0.25) is 5.91 Å². The third-order valence-electron chi connectivity index (χ3n) is 3.93. The summed E-state index contributed by atoms with van der Waals surface area (Å²) < 4.78 is 5.37. The van der Waals surface area contributed by atoms with Gasteiger partial charge < -0.3 is 10.1 Å². The monoisotopic (exact) mass is 404 g/mol. The van der Waals surface area contributed by atoms with E-state index in [9.17, 15) is 9.59 Å². The lowest BCUT2D eigenvalue weighted by atomic mass is 10.0. The van der Waals surface area contributed by atoms with Gasteiger partial charge in [-0.15, -0.1) is 11.3 Å². The van der Waals surface area contributed by atoms with Crippen LogP contribution in [0.3, 0.4) is 0 Å². The quantitative estimate of drug-likeness (QED) is 0.760. The van der Waals surface area contributed by atoms with E-state index < -0.39 is 17.6 Å². The molecular formula is C20H21ClN2O3S. The van der Waals surface area contributed by atoms with Crippen LogP contribution in [-0.2, 0) is 14.3 Å². The van der Waals surface area contributed by atoms with Crippen LogP contribution in [0.4, 0.5) is 5.00 Å². The zero-order chi connectivity index (χ0) is 19.8. The first-order valence-electron chi connectivity index (χ1n) is 8.59. The third-order valence-corrected chi connectivity index (χ3v) is 5.20. The number of fused-ring (bicyclic) bond motifs is 1. The summed E-state index contributed by atoms with van der Waals surface area (Å²) in [5, 5.41) is 6.23. The van der Waals surface area contributed by atoms with Crippen molar-refractivity contribution in [3.63, 3.8) is 0 Å². The van der Waals surface area contributed by atoms with Gasteiger partial charge in [0.25, 0.3) is 0 Å². The zero-order valence-corrected chi connectivity index (χ0v) is 17.2. The van der Waals surface area contributed by atoms with Crippen LogP contribution in [0.15, 0.2) is 34.6 Å². The van der Waals surface area contributed by atoms with Crippen molar-refractivity contribution in [3.05, 3.63) is 51.4 Å². The average molecular weight is 405 g/mol. The van der Waals surface area contributed by atoms with E-state index in [0.717, 1.165) is 21.7 Å². The fourth-order valence-corrected chi connectivity index (χ4v) is 3.88. The van der Waals surface area contributed by atoms with E-state index in [1.807, 2.05) is 24.4 Å². The molecule has 1 amide bonds. The van der Waals surface area contributed by atoms with E-state index >= 15 is 0 Å². The maximum absolute atomic E-state index is 12.7. The number of halogens is 1. The molecule has 2 aromatic rings. The normalized spacial score (nSPS) is 16.9. The maximum Gasteiger partial charge on any atom is 0.309 e. The molecule has 0 bridgehead atoms. The summed E-state index contributed by atoms with van der Waals surface area (Å²) in [4.78, 5) is 29.6. The molecule has 1 aromatic heterocycles. The van der Waals surface area contributed by atoms with Gasteiger partial charge in [0, 0.05) is 16.1 Å². The van der Waals surface area contributed by atoms with Crippen molar-refractivity contribution in [2.24, 2.45) is 4.99 Å². The van der Waals surface area contributed by atoms with Crippen LogP contribution in [0.25, 0.3) is 0 Å². The van der Waals surface area contributed by atoms with Crippen molar-refractivity contribution in [3.8, 4) is 0 Å². The SMILES string of the molecule is Cc1csc2c1C(c1ccc(Cl)cc1)=N[C@@H](CC(=O)OC(C)(C)C)C(=O)N2. The Morgan fingerprint density at radius 1 is 1.30 bits per heavy atom. The molecule has 0 aliphatic carbocycles. The Balaban J connectivity index is 2.02. The Morgan fingerprint density at radius 2 is 1.96 bits per heavy atom. The molecule has 1 aliphatic rings. The minimum absolute atomic E-state index is 0.117. The Morgan fingerprint density at radius 3 is 2.59 bits per heavy atom.